The highest BCUT2D eigenvalue weighted by molar-refractivity contribution is 5.79. The van der Waals surface area contributed by atoms with Crippen LogP contribution in [-0.2, 0) is 4.79 Å². The molecule has 1 aliphatic carbocycles. The van der Waals surface area contributed by atoms with E-state index in [4.69, 9.17) is 5.73 Å². The van der Waals surface area contributed by atoms with E-state index in [0.29, 0.717) is 6.04 Å². The quantitative estimate of drug-likeness (QED) is 0.744. The highest BCUT2D eigenvalue weighted by Crippen LogP contribution is 2.28. The van der Waals surface area contributed by atoms with Crippen LogP contribution >= 0.6 is 0 Å². The van der Waals surface area contributed by atoms with Gasteiger partial charge in [0.15, 0.2) is 0 Å². The molecular formula is C12H24N2O. The minimum Gasteiger partial charge on any atom is -0.368 e. The zero-order valence-corrected chi connectivity index (χ0v) is 10.1. The SMILES string of the molecule is CCC(NC1CC(C)CC(C)C1)C(N)=O. The maximum absolute atomic E-state index is 11.1. The molecule has 0 aromatic carbocycles. The first-order chi connectivity index (χ1) is 7.02. The van der Waals surface area contributed by atoms with E-state index in [9.17, 15) is 4.79 Å². The van der Waals surface area contributed by atoms with Crippen LogP contribution in [0.25, 0.3) is 0 Å². The lowest BCUT2D eigenvalue weighted by atomic mass is 9.80. The summed E-state index contributed by atoms with van der Waals surface area (Å²) in [4.78, 5) is 11.1. The Balaban J connectivity index is 2.45. The Morgan fingerprint density at radius 2 is 1.87 bits per heavy atom. The summed E-state index contributed by atoms with van der Waals surface area (Å²) in [5.74, 6) is 1.30. The molecule has 0 radical (unpaired) electrons. The van der Waals surface area contributed by atoms with Gasteiger partial charge in [0.25, 0.3) is 0 Å². The van der Waals surface area contributed by atoms with E-state index in [0.717, 1.165) is 18.3 Å². The molecule has 0 heterocycles. The first-order valence-corrected chi connectivity index (χ1v) is 6.08. The Morgan fingerprint density at radius 3 is 2.27 bits per heavy atom. The molecule has 0 aromatic rings. The zero-order valence-electron chi connectivity index (χ0n) is 10.1. The average Bonchev–Trinajstić information content (AvgIpc) is 2.12. The summed E-state index contributed by atoms with van der Waals surface area (Å²) in [6.07, 6.45) is 4.45. The van der Waals surface area contributed by atoms with Crippen molar-refractivity contribution in [3.63, 3.8) is 0 Å². The highest BCUT2D eigenvalue weighted by atomic mass is 16.1. The topological polar surface area (TPSA) is 55.1 Å². The Bertz CT molecular complexity index is 208. The average molecular weight is 212 g/mol. The first-order valence-electron chi connectivity index (χ1n) is 6.08. The molecule has 3 atom stereocenters. The summed E-state index contributed by atoms with van der Waals surface area (Å²) >= 11 is 0. The van der Waals surface area contributed by atoms with E-state index in [2.05, 4.69) is 19.2 Å². The van der Waals surface area contributed by atoms with Crippen molar-refractivity contribution in [2.45, 2.75) is 58.5 Å². The van der Waals surface area contributed by atoms with Gasteiger partial charge in [-0.25, -0.2) is 0 Å². The van der Waals surface area contributed by atoms with Crippen LogP contribution in [0.15, 0.2) is 0 Å². The molecule has 0 aliphatic heterocycles. The standard InChI is InChI=1S/C12H24N2O/c1-4-11(12(13)15)14-10-6-8(2)5-9(3)7-10/h8-11,14H,4-7H2,1-3H3,(H2,13,15). The van der Waals surface area contributed by atoms with Crippen molar-refractivity contribution in [1.29, 1.82) is 0 Å². The summed E-state index contributed by atoms with van der Waals surface area (Å²) < 4.78 is 0. The second-order valence-corrected chi connectivity index (χ2v) is 5.14. The van der Waals surface area contributed by atoms with Crippen molar-refractivity contribution in [3.8, 4) is 0 Å². The van der Waals surface area contributed by atoms with Crippen LogP contribution in [-0.4, -0.2) is 18.0 Å². The molecule has 0 saturated heterocycles. The van der Waals surface area contributed by atoms with Crippen LogP contribution in [0.2, 0.25) is 0 Å². The number of amides is 1. The molecule has 0 bridgehead atoms. The highest BCUT2D eigenvalue weighted by Gasteiger charge is 2.26. The van der Waals surface area contributed by atoms with Crippen LogP contribution in [0.1, 0.15) is 46.5 Å². The van der Waals surface area contributed by atoms with Crippen LogP contribution in [0.5, 0.6) is 0 Å². The van der Waals surface area contributed by atoms with Gasteiger partial charge in [-0.3, -0.25) is 4.79 Å². The minimum atomic E-state index is -0.219. The first kappa shape index (κ1) is 12.5. The molecule has 0 spiro atoms. The van der Waals surface area contributed by atoms with Crippen LogP contribution in [0, 0.1) is 11.8 Å². The molecule has 88 valence electrons. The van der Waals surface area contributed by atoms with Gasteiger partial charge < -0.3 is 11.1 Å². The van der Waals surface area contributed by atoms with Crippen molar-refractivity contribution in [2.75, 3.05) is 0 Å². The number of nitrogens with two attached hydrogens (primary N) is 1. The molecule has 3 unspecified atom stereocenters. The lowest BCUT2D eigenvalue weighted by Gasteiger charge is -2.33. The molecule has 3 N–H and O–H groups in total. The van der Waals surface area contributed by atoms with Gasteiger partial charge in [-0.2, -0.15) is 0 Å². The van der Waals surface area contributed by atoms with E-state index in [-0.39, 0.29) is 11.9 Å². The smallest absolute Gasteiger partial charge is 0.234 e. The fraction of sp³-hybridized carbons (Fsp3) is 0.917. The van der Waals surface area contributed by atoms with Crippen molar-refractivity contribution >= 4 is 5.91 Å². The Labute approximate surface area is 92.8 Å². The summed E-state index contributed by atoms with van der Waals surface area (Å²) in [5.41, 5.74) is 5.33. The third-order valence-corrected chi connectivity index (χ3v) is 3.37. The van der Waals surface area contributed by atoms with Gasteiger partial charge in [-0.15, -0.1) is 0 Å². The van der Waals surface area contributed by atoms with Gasteiger partial charge in [0.2, 0.25) is 5.91 Å². The van der Waals surface area contributed by atoms with Gasteiger partial charge in [0.1, 0.15) is 0 Å². The fourth-order valence-electron chi connectivity index (χ4n) is 2.77. The summed E-state index contributed by atoms with van der Waals surface area (Å²) in [6.45, 7) is 6.57. The minimum absolute atomic E-state index is 0.146. The predicted octanol–water partition coefficient (Wildman–Crippen LogP) is 1.66. The van der Waals surface area contributed by atoms with Crippen molar-refractivity contribution in [3.05, 3.63) is 0 Å². The zero-order chi connectivity index (χ0) is 11.4. The molecule has 15 heavy (non-hydrogen) atoms. The summed E-state index contributed by atoms with van der Waals surface area (Å²) in [5, 5.41) is 3.39. The molecule has 0 aromatic heterocycles. The lowest BCUT2D eigenvalue weighted by Crippen LogP contribution is -2.48. The maximum Gasteiger partial charge on any atom is 0.234 e. The third-order valence-electron chi connectivity index (χ3n) is 3.37. The fourth-order valence-corrected chi connectivity index (χ4v) is 2.77. The molecular weight excluding hydrogens is 188 g/mol. The monoisotopic (exact) mass is 212 g/mol. The van der Waals surface area contributed by atoms with Crippen molar-refractivity contribution in [1.82, 2.24) is 5.32 Å². The van der Waals surface area contributed by atoms with Crippen LogP contribution in [0.4, 0.5) is 0 Å². The number of hydrogen-bond donors (Lipinski definition) is 2. The molecule has 3 heteroatoms. The number of rotatable bonds is 4. The van der Waals surface area contributed by atoms with Crippen molar-refractivity contribution < 1.29 is 4.79 Å². The number of hydrogen-bond acceptors (Lipinski definition) is 2. The molecule has 1 amide bonds. The van der Waals surface area contributed by atoms with E-state index < -0.39 is 0 Å². The summed E-state index contributed by atoms with van der Waals surface area (Å²) in [6, 6.07) is 0.327. The number of carbonyl (C=O) groups is 1. The van der Waals surface area contributed by atoms with Crippen LogP contribution in [0.3, 0.4) is 0 Å². The molecule has 1 aliphatic rings. The molecule has 1 saturated carbocycles. The second kappa shape index (κ2) is 5.50. The van der Waals surface area contributed by atoms with Crippen molar-refractivity contribution in [2.24, 2.45) is 17.6 Å². The van der Waals surface area contributed by atoms with Gasteiger partial charge in [0.05, 0.1) is 6.04 Å². The second-order valence-electron chi connectivity index (χ2n) is 5.14. The third kappa shape index (κ3) is 3.82. The van der Waals surface area contributed by atoms with E-state index in [1.807, 2.05) is 6.92 Å². The van der Waals surface area contributed by atoms with Gasteiger partial charge >= 0.3 is 0 Å². The van der Waals surface area contributed by atoms with Crippen LogP contribution < -0.4 is 11.1 Å². The van der Waals surface area contributed by atoms with E-state index in [1.54, 1.807) is 0 Å². The van der Waals surface area contributed by atoms with E-state index in [1.165, 1.54) is 19.3 Å². The number of primary amides is 1. The maximum atomic E-state index is 11.1. The van der Waals surface area contributed by atoms with E-state index >= 15 is 0 Å². The van der Waals surface area contributed by atoms with Gasteiger partial charge in [0, 0.05) is 6.04 Å². The molecule has 1 rings (SSSR count). The largest absolute Gasteiger partial charge is 0.368 e. The Morgan fingerprint density at radius 1 is 1.33 bits per heavy atom. The Hall–Kier alpha value is -0.570. The number of nitrogens with one attached hydrogen (secondary N) is 1. The summed E-state index contributed by atoms with van der Waals surface area (Å²) in [7, 11) is 0. The van der Waals surface area contributed by atoms with Gasteiger partial charge in [-0.05, 0) is 37.5 Å². The lowest BCUT2D eigenvalue weighted by molar-refractivity contribution is -0.120. The number of carbonyl (C=O) groups excluding carboxylic acids is 1. The van der Waals surface area contributed by atoms with Gasteiger partial charge in [-0.1, -0.05) is 20.8 Å². The molecule has 3 nitrogen and oxygen atoms in total. The normalized spacial score (nSPS) is 33.7. The Kier molecular flexibility index (Phi) is 4.58. The molecule has 1 fully saturated rings. The predicted molar refractivity (Wildman–Crippen MR) is 62.4 cm³/mol.